The van der Waals surface area contributed by atoms with Gasteiger partial charge >= 0.3 is 0 Å². The molecule has 0 unspecified atom stereocenters. The maximum Gasteiger partial charge on any atom is 0.271 e. The third kappa shape index (κ3) is 6.39. The second-order valence-corrected chi connectivity index (χ2v) is 7.44. The molecular formula is C24H22Cl2N2O4. The minimum Gasteiger partial charge on any atom is -0.493 e. The first-order valence-electron chi connectivity index (χ1n) is 9.81. The zero-order chi connectivity index (χ0) is 22.9. The van der Waals surface area contributed by atoms with Gasteiger partial charge in [0, 0.05) is 21.2 Å². The van der Waals surface area contributed by atoms with Crippen LogP contribution < -0.4 is 19.6 Å². The molecule has 0 aliphatic rings. The first-order valence-corrected chi connectivity index (χ1v) is 10.6. The Morgan fingerprint density at radius 3 is 2.62 bits per heavy atom. The fourth-order valence-corrected chi connectivity index (χ4v) is 3.26. The summed E-state index contributed by atoms with van der Waals surface area (Å²) in [4.78, 5) is 12.4. The highest BCUT2D eigenvalue weighted by Gasteiger charge is 2.10. The van der Waals surface area contributed by atoms with Crippen molar-refractivity contribution in [1.82, 2.24) is 5.43 Å². The molecule has 3 rings (SSSR count). The third-order valence-corrected chi connectivity index (χ3v) is 4.96. The molecule has 1 N–H and O–H groups in total. The topological polar surface area (TPSA) is 69.2 Å². The van der Waals surface area contributed by atoms with Gasteiger partial charge in [0.25, 0.3) is 5.91 Å². The van der Waals surface area contributed by atoms with Gasteiger partial charge in [-0.15, -0.1) is 0 Å². The highest BCUT2D eigenvalue weighted by atomic mass is 35.5. The van der Waals surface area contributed by atoms with Crippen LogP contribution in [0.4, 0.5) is 0 Å². The van der Waals surface area contributed by atoms with E-state index in [-0.39, 0.29) is 5.91 Å². The van der Waals surface area contributed by atoms with Gasteiger partial charge in [-0.05, 0) is 55.0 Å². The molecular weight excluding hydrogens is 451 g/mol. The predicted molar refractivity (Wildman–Crippen MR) is 126 cm³/mol. The summed E-state index contributed by atoms with van der Waals surface area (Å²) in [5, 5.41) is 5.14. The fraction of sp³-hybridized carbons (Fsp3) is 0.167. The average Bonchev–Trinajstić information content (AvgIpc) is 2.79. The van der Waals surface area contributed by atoms with Crippen molar-refractivity contribution in [3.63, 3.8) is 0 Å². The molecule has 6 nitrogen and oxygen atoms in total. The van der Waals surface area contributed by atoms with Crippen LogP contribution in [0.3, 0.4) is 0 Å². The van der Waals surface area contributed by atoms with Gasteiger partial charge in [-0.25, -0.2) is 5.43 Å². The summed E-state index contributed by atoms with van der Waals surface area (Å²) >= 11 is 12.1. The summed E-state index contributed by atoms with van der Waals surface area (Å²) in [5.41, 5.74) is 4.49. The lowest BCUT2D eigenvalue weighted by Crippen LogP contribution is -2.17. The van der Waals surface area contributed by atoms with Crippen LogP contribution in [0.1, 0.15) is 28.4 Å². The lowest BCUT2D eigenvalue weighted by atomic mass is 10.2. The largest absolute Gasteiger partial charge is 0.493 e. The molecule has 0 heterocycles. The van der Waals surface area contributed by atoms with Crippen LogP contribution in [0.5, 0.6) is 17.2 Å². The SMILES string of the molecule is CCOc1ccc(C(=O)N/N=C/c2cccc(OCc3ccc(Cl)cc3Cl)c2)cc1OC. The van der Waals surface area contributed by atoms with Gasteiger partial charge in [0.05, 0.1) is 19.9 Å². The Balaban J connectivity index is 1.60. The quantitative estimate of drug-likeness (QED) is 0.318. The molecule has 0 radical (unpaired) electrons. The number of hydrogen-bond donors (Lipinski definition) is 1. The van der Waals surface area contributed by atoms with E-state index in [2.05, 4.69) is 10.5 Å². The Bertz CT molecular complexity index is 1120. The van der Waals surface area contributed by atoms with Crippen LogP contribution in [0.25, 0.3) is 0 Å². The Kier molecular flexibility index (Phi) is 8.36. The van der Waals surface area contributed by atoms with Crippen LogP contribution in [0, 0.1) is 0 Å². The second kappa shape index (κ2) is 11.4. The van der Waals surface area contributed by atoms with Crippen LogP contribution in [-0.4, -0.2) is 25.8 Å². The van der Waals surface area contributed by atoms with E-state index in [9.17, 15) is 4.79 Å². The summed E-state index contributed by atoms with van der Waals surface area (Å²) in [6.45, 7) is 2.68. The van der Waals surface area contributed by atoms with E-state index in [4.69, 9.17) is 37.4 Å². The number of rotatable bonds is 9. The standard InChI is InChI=1S/C24H22Cl2N2O4/c1-3-31-22-10-8-17(12-23(22)30-2)24(29)28-27-14-16-5-4-6-20(11-16)32-15-18-7-9-19(25)13-21(18)26/h4-14H,3,15H2,1-2H3,(H,28,29)/b27-14+. The Hall–Kier alpha value is -3.22. The summed E-state index contributed by atoms with van der Waals surface area (Å²) < 4.78 is 16.5. The molecule has 3 aromatic carbocycles. The summed E-state index contributed by atoms with van der Waals surface area (Å²) in [6, 6.07) is 17.5. The Labute approximate surface area is 196 Å². The number of halogens is 2. The monoisotopic (exact) mass is 472 g/mol. The number of nitrogens with zero attached hydrogens (tertiary/aromatic N) is 1. The van der Waals surface area contributed by atoms with Gasteiger partial charge in [-0.3, -0.25) is 4.79 Å². The minimum absolute atomic E-state index is 0.299. The number of carbonyl (C=O) groups is 1. The van der Waals surface area contributed by atoms with Crippen molar-refractivity contribution in [1.29, 1.82) is 0 Å². The highest BCUT2D eigenvalue weighted by molar-refractivity contribution is 6.35. The van der Waals surface area contributed by atoms with Crippen molar-refractivity contribution in [2.75, 3.05) is 13.7 Å². The number of hydrazone groups is 1. The molecule has 0 fully saturated rings. The summed E-state index contributed by atoms with van der Waals surface area (Å²) in [7, 11) is 1.52. The molecule has 0 spiro atoms. The number of ether oxygens (including phenoxy) is 3. The molecule has 0 atom stereocenters. The third-order valence-electron chi connectivity index (χ3n) is 4.37. The molecule has 0 saturated heterocycles. The van der Waals surface area contributed by atoms with Crippen molar-refractivity contribution in [2.24, 2.45) is 5.10 Å². The van der Waals surface area contributed by atoms with Gasteiger partial charge in [-0.1, -0.05) is 41.4 Å². The Morgan fingerprint density at radius 1 is 1.03 bits per heavy atom. The maximum atomic E-state index is 12.4. The fourth-order valence-electron chi connectivity index (χ4n) is 2.80. The number of methoxy groups -OCH3 is 1. The van der Waals surface area contributed by atoms with Crippen molar-refractivity contribution in [3.05, 3.63) is 87.4 Å². The van der Waals surface area contributed by atoms with Gasteiger partial charge in [0.1, 0.15) is 12.4 Å². The molecule has 0 saturated carbocycles. The average molecular weight is 473 g/mol. The molecule has 0 aromatic heterocycles. The zero-order valence-corrected chi connectivity index (χ0v) is 19.1. The van der Waals surface area contributed by atoms with Crippen molar-refractivity contribution in [3.8, 4) is 17.2 Å². The highest BCUT2D eigenvalue weighted by Crippen LogP contribution is 2.28. The van der Waals surface area contributed by atoms with E-state index in [1.807, 2.05) is 31.2 Å². The van der Waals surface area contributed by atoms with Crippen molar-refractivity contribution >= 4 is 35.3 Å². The van der Waals surface area contributed by atoms with Gasteiger partial charge < -0.3 is 14.2 Å². The van der Waals surface area contributed by atoms with E-state index in [1.54, 1.807) is 36.4 Å². The Morgan fingerprint density at radius 2 is 1.88 bits per heavy atom. The molecule has 1 amide bonds. The predicted octanol–water partition coefficient (Wildman–Crippen LogP) is 5.74. The molecule has 3 aromatic rings. The van der Waals surface area contributed by atoms with E-state index in [0.29, 0.717) is 46.1 Å². The van der Waals surface area contributed by atoms with E-state index in [0.717, 1.165) is 11.1 Å². The molecule has 166 valence electrons. The zero-order valence-electron chi connectivity index (χ0n) is 17.6. The van der Waals surface area contributed by atoms with E-state index >= 15 is 0 Å². The number of benzene rings is 3. The molecule has 32 heavy (non-hydrogen) atoms. The number of hydrogen-bond acceptors (Lipinski definition) is 5. The molecule has 0 bridgehead atoms. The van der Waals surface area contributed by atoms with E-state index in [1.165, 1.54) is 13.3 Å². The van der Waals surface area contributed by atoms with E-state index < -0.39 is 0 Å². The lowest BCUT2D eigenvalue weighted by molar-refractivity contribution is 0.0954. The number of amides is 1. The number of carbonyl (C=O) groups excluding carboxylic acids is 1. The normalized spacial score (nSPS) is 10.8. The maximum absolute atomic E-state index is 12.4. The smallest absolute Gasteiger partial charge is 0.271 e. The molecule has 8 heteroatoms. The van der Waals surface area contributed by atoms with Gasteiger partial charge in [0.15, 0.2) is 11.5 Å². The van der Waals surface area contributed by atoms with Crippen molar-refractivity contribution < 1.29 is 19.0 Å². The first-order chi connectivity index (χ1) is 15.5. The van der Waals surface area contributed by atoms with Crippen molar-refractivity contribution in [2.45, 2.75) is 13.5 Å². The van der Waals surface area contributed by atoms with Crippen LogP contribution in [0.15, 0.2) is 65.8 Å². The minimum atomic E-state index is -0.368. The molecule has 0 aliphatic heterocycles. The first kappa shape index (κ1) is 23.4. The second-order valence-electron chi connectivity index (χ2n) is 6.59. The number of nitrogens with one attached hydrogen (secondary N) is 1. The molecule has 0 aliphatic carbocycles. The lowest BCUT2D eigenvalue weighted by Gasteiger charge is -2.10. The van der Waals surface area contributed by atoms with Gasteiger partial charge in [-0.2, -0.15) is 5.10 Å². The van der Waals surface area contributed by atoms with Gasteiger partial charge in [0.2, 0.25) is 0 Å². The summed E-state index contributed by atoms with van der Waals surface area (Å²) in [6.07, 6.45) is 1.53. The van der Waals surface area contributed by atoms with Crippen LogP contribution in [0.2, 0.25) is 10.0 Å². The van der Waals surface area contributed by atoms with Crippen LogP contribution in [-0.2, 0) is 6.61 Å². The van der Waals surface area contributed by atoms with Crippen LogP contribution >= 0.6 is 23.2 Å². The summed E-state index contributed by atoms with van der Waals surface area (Å²) in [5.74, 6) is 1.33.